The predicted molar refractivity (Wildman–Crippen MR) is 77.4 cm³/mol. The summed E-state index contributed by atoms with van der Waals surface area (Å²) in [6.07, 6.45) is 0.360. The topological polar surface area (TPSA) is 76.4 Å². The average Bonchev–Trinajstić information content (AvgIpc) is 2.36. The Morgan fingerprint density at radius 1 is 1.42 bits per heavy atom. The molecule has 0 bridgehead atoms. The van der Waals surface area contributed by atoms with E-state index in [4.69, 9.17) is 10.5 Å². The van der Waals surface area contributed by atoms with Crippen LogP contribution in [0.4, 0.5) is 5.69 Å². The van der Waals surface area contributed by atoms with Gasteiger partial charge in [-0.3, -0.25) is 4.79 Å². The first kappa shape index (κ1) is 15.3. The summed E-state index contributed by atoms with van der Waals surface area (Å²) in [4.78, 5) is 11.4. The van der Waals surface area contributed by atoms with Gasteiger partial charge in [-0.2, -0.15) is 0 Å². The monoisotopic (exact) mass is 265 g/mol. The number of hydrogen-bond acceptors (Lipinski definition) is 4. The predicted octanol–water partition coefficient (Wildman–Crippen LogP) is 1.35. The highest BCUT2D eigenvalue weighted by atomic mass is 16.5. The molecule has 0 aliphatic carbocycles. The second-order valence-corrected chi connectivity index (χ2v) is 4.56. The van der Waals surface area contributed by atoms with Crippen LogP contribution >= 0.6 is 0 Å². The van der Waals surface area contributed by atoms with Crippen molar-refractivity contribution in [1.82, 2.24) is 5.32 Å². The van der Waals surface area contributed by atoms with Gasteiger partial charge in [-0.15, -0.1) is 0 Å². The van der Waals surface area contributed by atoms with Gasteiger partial charge in [0.1, 0.15) is 5.75 Å². The summed E-state index contributed by atoms with van der Waals surface area (Å²) in [5, 5.41) is 6.00. The molecule has 0 heterocycles. The first-order valence-electron chi connectivity index (χ1n) is 6.58. The van der Waals surface area contributed by atoms with Crippen LogP contribution in [-0.4, -0.2) is 31.6 Å². The zero-order valence-electron chi connectivity index (χ0n) is 11.6. The molecule has 0 fully saturated rings. The van der Waals surface area contributed by atoms with E-state index in [9.17, 15) is 4.79 Å². The Labute approximate surface area is 114 Å². The van der Waals surface area contributed by atoms with Gasteiger partial charge in [0, 0.05) is 30.9 Å². The van der Waals surface area contributed by atoms with Gasteiger partial charge in [-0.05, 0) is 26.0 Å². The molecule has 1 aromatic rings. The summed E-state index contributed by atoms with van der Waals surface area (Å²) in [5.41, 5.74) is 6.40. The van der Waals surface area contributed by atoms with Crippen LogP contribution in [0.3, 0.4) is 0 Å². The van der Waals surface area contributed by atoms with Gasteiger partial charge >= 0.3 is 0 Å². The van der Waals surface area contributed by atoms with Crippen LogP contribution in [0, 0.1) is 0 Å². The largest absolute Gasteiger partial charge is 0.493 e. The molecule has 0 atom stereocenters. The summed E-state index contributed by atoms with van der Waals surface area (Å²) in [6.45, 7) is 5.55. The lowest BCUT2D eigenvalue weighted by atomic mass is 10.3. The summed E-state index contributed by atoms with van der Waals surface area (Å²) in [5.74, 6) is 0.756. The zero-order valence-corrected chi connectivity index (χ0v) is 11.6. The molecule has 5 nitrogen and oxygen atoms in total. The maximum atomic E-state index is 11.4. The fourth-order valence-electron chi connectivity index (χ4n) is 1.57. The number of ether oxygens (including phenoxy) is 1. The molecule has 0 aliphatic heterocycles. The van der Waals surface area contributed by atoms with E-state index in [2.05, 4.69) is 10.6 Å². The molecule has 1 aromatic carbocycles. The molecule has 0 radical (unpaired) electrons. The number of benzene rings is 1. The van der Waals surface area contributed by atoms with Crippen molar-refractivity contribution in [2.24, 2.45) is 5.73 Å². The quantitative estimate of drug-likeness (QED) is 0.663. The first-order valence-corrected chi connectivity index (χ1v) is 6.58. The van der Waals surface area contributed by atoms with Crippen LogP contribution in [0.25, 0.3) is 0 Å². The second-order valence-electron chi connectivity index (χ2n) is 4.56. The highest BCUT2D eigenvalue weighted by Crippen LogP contribution is 2.17. The maximum absolute atomic E-state index is 11.4. The van der Waals surface area contributed by atoms with Crippen LogP contribution in [0.15, 0.2) is 24.3 Å². The molecule has 0 aliphatic rings. The Balaban J connectivity index is 2.34. The maximum Gasteiger partial charge on any atom is 0.223 e. The first-order chi connectivity index (χ1) is 9.11. The average molecular weight is 265 g/mol. The molecule has 1 amide bonds. The van der Waals surface area contributed by atoms with Crippen LogP contribution in [0.2, 0.25) is 0 Å². The third kappa shape index (κ3) is 6.67. The van der Waals surface area contributed by atoms with Crippen molar-refractivity contribution in [3.8, 4) is 5.75 Å². The Bertz CT molecular complexity index is 394. The van der Waals surface area contributed by atoms with E-state index in [1.807, 2.05) is 38.1 Å². The molecule has 19 heavy (non-hydrogen) atoms. The van der Waals surface area contributed by atoms with Crippen LogP contribution < -0.4 is 21.1 Å². The number of amides is 1. The molecule has 0 aromatic heterocycles. The molecule has 1 rings (SSSR count). The minimum absolute atomic E-state index is 0.00686. The van der Waals surface area contributed by atoms with Crippen molar-refractivity contribution in [3.05, 3.63) is 24.3 Å². The third-order valence-corrected chi connectivity index (χ3v) is 2.36. The van der Waals surface area contributed by atoms with Crippen molar-refractivity contribution >= 4 is 11.6 Å². The van der Waals surface area contributed by atoms with Gasteiger partial charge in [0.15, 0.2) is 0 Å². The van der Waals surface area contributed by atoms with Crippen LogP contribution in [-0.2, 0) is 4.79 Å². The zero-order chi connectivity index (χ0) is 14.1. The van der Waals surface area contributed by atoms with E-state index < -0.39 is 0 Å². The van der Waals surface area contributed by atoms with Crippen molar-refractivity contribution in [2.45, 2.75) is 26.3 Å². The van der Waals surface area contributed by atoms with E-state index in [-0.39, 0.29) is 11.9 Å². The molecular weight excluding hydrogens is 242 g/mol. The Kier molecular flexibility index (Phi) is 6.74. The van der Waals surface area contributed by atoms with E-state index in [0.717, 1.165) is 18.0 Å². The van der Waals surface area contributed by atoms with E-state index in [1.54, 1.807) is 0 Å². The van der Waals surface area contributed by atoms with Gasteiger partial charge in [0.05, 0.1) is 13.0 Å². The van der Waals surface area contributed by atoms with E-state index in [1.165, 1.54) is 0 Å². The number of hydrogen-bond donors (Lipinski definition) is 3. The molecule has 0 unspecified atom stereocenters. The SMILES string of the molecule is CC(C)NC(=O)CCOc1cccc(NCCN)c1. The van der Waals surface area contributed by atoms with E-state index >= 15 is 0 Å². The summed E-state index contributed by atoms with van der Waals surface area (Å²) >= 11 is 0. The molecule has 106 valence electrons. The van der Waals surface area contributed by atoms with E-state index in [0.29, 0.717) is 19.6 Å². The van der Waals surface area contributed by atoms with Gasteiger partial charge in [-0.1, -0.05) is 6.07 Å². The number of nitrogens with one attached hydrogen (secondary N) is 2. The molecular formula is C14H23N3O2. The Morgan fingerprint density at radius 3 is 2.89 bits per heavy atom. The van der Waals surface area contributed by atoms with Crippen molar-refractivity contribution in [1.29, 1.82) is 0 Å². The van der Waals surface area contributed by atoms with Crippen molar-refractivity contribution in [2.75, 3.05) is 25.0 Å². The number of carbonyl (C=O) groups is 1. The highest BCUT2D eigenvalue weighted by Gasteiger charge is 2.03. The van der Waals surface area contributed by atoms with Crippen molar-refractivity contribution in [3.63, 3.8) is 0 Å². The fourth-order valence-corrected chi connectivity index (χ4v) is 1.57. The normalized spacial score (nSPS) is 10.3. The van der Waals surface area contributed by atoms with Gasteiger partial charge in [-0.25, -0.2) is 0 Å². The number of anilines is 1. The fraction of sp³-hybridized carbons (Fsp3) is 0.500. The third-order valence-electron chi connectivity index (χ3n) is 2.36. The second kappa shape index (κ2) is 8.37. The summed E-state index contributed by atoms with van der Waals surface area (Å²) in [7, 11) is 0. The molecule has 0 saturated heterocycles. The lowest BCUT2D eigenvalue weighted by Gasteiger charge is -2.10. The standard InChI is InChI=1S/C14H23N3O2/c1-11(2)17-14(18)6-9-19-13-5-3-4-12(10-13)16-8-7-15/h3-5,10-11,16H,6-9,15H2,1-2H3,(H,17,18). The summed E-state index contributed by atoms with van der Waals surface area (Å²) < 4.78 is 5.55. The van der Waals surface area contributed by atoms with Crippen molar-refractivity contribution < 1.29 is 9.53 Å². The Morgan fingerprint density at radius 2 is 2.21 bits per heavy atom. The molecule has 4 N–H and O–H groups in total. The molecule has 0 saturated carbocycles. The number of carbonyl (C=O) groups excluding carboxylic acids is 1. The minimum atomic E-state index is 0.00686. The van der Waals surface area contributed by atoms with Gasteiger partial charge < -0.3 is 21.1 Å². The van der Waals surface area contributed by atoms with Crippen LogP contribution in [0.5, 0.6) is 5.75 Å². The highest BCUT2D eigenvalue weighted by molar-refractivity contribution is 5.76. The lowest BCUT2D eigenvalue weighted by Crippen LogP contribution is -2.31. The summed E-state index contributed by atoms with van der Waals surface area (Å²) in [6, 6.07) is 7.79. The minimum Gasteiger partial charge on any atom is -0.493 e. The van der Waals surface area contributed by atoms with Gasteiger partial charge in [0.2, 0.25) is 5.91 Å². The number of rotatable bonds is 8. The number of nitrogens with two attached hydrogens (primary N) is 1. The molecule has 5 heteroatoms. The molecule has 0 spiro atoms. The smallest absolute Gasteiger partial charge is 0.223 e. The lowest BCUT2D eigenvalue weighted by molar-refractivity contribution is -0.122. The van der Waals surface area contributed by atoms with Gasteiger partial charge in [0.25, 0.3) is 0 Å². The Hall–Kier alpha value is -1.75. The van der Waals surface area contributed by atoms with Crippen LogP contribution in [0.1, 0.15) is 20.3 Å².